The summed E-state index contributed by atoms with van der Waals surface area (Å²) < 4.78 is 27.2. The SMILES string of the molecule is CCC(c1ccc(F)cc1F)N1CCC(C(=O)NC2CC2)CC1. The number of amides is 1. The van der Waals surface area contributed by atoms with Gasteiger partial charge in [0.05, 0.1) is 0 Å². The van der Waals surface area contributed by atoms with Crippen LogP contribution in [0.3, 0.4) is 0 Å². The molecule has 3 rings (SSSR count). The van der Waals surface area contributed by atoms with Crippen LogP contribution < -0.4 is 5.32 Å². The van der Waals surface area contributed by atoms with Crippen molar-refractivity contribution in [2.45, 2.75) is 51.1 Å². The van der Waals surface area contributed by atoms with E-state index in [1.165, 1.54) is 6.07 Å². The minimum Gasteiger partial charge on any atom is -0.353 e. The van der Waals surface area contributed by atoms with E-state index in [1.54, 1.807) is 6.07 Å². The molecule has 0 bridgehead atoms. The van der Waals surface area contributed by atoms with Gasteiger partial charge in [-0.25, -0.2) is 8.78 Å². The summed E-state index contributed by atoms with van der Waals surface area (Å²) in [7, 11) is 0. The van der Waals surface area contributed by atoms with Crippen LogP contribution >= 0.6 is 0 Å². The standard InChI is InChI=1S/C18H24F2N2O/c1-2-17(15-6-3-13(19)11-16(15)20)22-9-7-12(8-10-22)18(23)21-14-4-5-14/h3,6,11-12,14,17H,2,4-5,7-10H2,1H3,(H,21,23). The van der Waals surface area contributed by atoms with E-state index in [4.69, 9.17) is 0 Å². The number of likely N-dealkylation sites (tertiary alicyclic amines) is 1. The first kappa shape index (κ1) is 16.4. The van der Waals surface area contributed by atoms with E-state index in [9.17, 15) is 13.6 Å². The summed E-state index contributed by atoms with van der Waals surface area (Å²) in [6.07, 6.45) is 4.58. The molecule has 1 amide bonds. The van der Waals surface area contributed by atoms with Crippen LogP contribution in [0.4, 0.5) is 8.78 Å². The third kappa shape index (κ3) is 3.89. The molecule has 23 heavy (non-hydrogen) atoms. The van der Waals surface area contributed by atoms with Gasteiger partial charge in [0.25, 0.3) is 0 Å². The van der Waals surface area contributed by atoms with Crippen LogP contribution in [0.25, 0.3) is 0 Å². The number of benzene rings is 1. The number of hydrogen-bond donors (Lipinski definition) is 1. The summed E-state index contributed by atoms with van der Waals surface area (Å²) >= 11 is 0. The minimum atomic E-state index is -0.545. The predicted molar refractivity (Wildman–Crippen MR) is 84.9 cm³/mol. The highest BCUT2D eigenvalue weighted by atomic mass is 19.1. The number of carbonyl (C=O) groups excluding carboxylic acids is 1. The Labute approximate surface area is 136 Å². The molecule has 2 fully saturated rings. The maximum absolute atomic E-state index is 14.1. The molecule has 1 heterocycles. The fourth-order valence-electron chi connectivity index (χ4n) is 3.47. The molecule has 5 heteroatoms. The monoisotopic (exact) mass is 322 g/mol. The molecule has 1 atom stereocenters. The quantitative estimate of drug-likeness (QED) is 0.901. The molecule has 1 aliphatic carbocycles. The van der Waals surface area contributed by atoms with E-state index in [-0.39, 0.29) is 17.9 Å². The number of nitrogens with zero attached hydrogens (tertiary/aromatic N) is 1. The lowest BCUT2D eigenvalue weighted by molar-refractivity contribution is -0.126. The van der Waals surface area contributed by atoms with Crippen LogP contribution in [0.1, 0.15) is 50.6 Å². The normalized spacial score (nSPS) is 21.2. The Hall–Kier alpha value is -1.49. The van der Waals surface area contributed by atoms with E-state index in [0.29, 0.717) is 11.6 Å². The number of nitrogens with one attached hydrogen (secondary N) is 1. The van der Waals surface area contributed by atoms with E-state index in [0.717, 1.165) is 51.3 Å². The third-order valence-corrected chi connectivity index (χ3v) is 4.97. The minimum absolute atomic E-state index is 0.0527. The summed E-state index contributed by atoms with van der Waals surface area (Å²) in [4.78, 5) is 14.3. The molecule has 1 saturated carbocycles. The first-order chi connectivity index (χ1) is 11.1. The first-order valence-electron chi connectivity index (χ1n) is 8.58. The van der Waals surface area contributed by atoms with E-state index < -0.39 is 11.6 Å². The average molecular weight is 322 g/mol. The Kier molecular flexibility index (Phi) is 4.95. The smallest absolute Gasteiger partial charge is 0.223 e. The zero-order chi connectivity index (χ0) is 16.4. The van der Waals surface area contributed by atoms with Gasteiger partial charge < -0.3 is 5.32 Å². The summed E-state index contributed by atoms with van der Waals surface area (Å²) in [5.74, 6) is -0.780. The van der Waals surface area contributed by atoms with Crippen molar-refractivity contribution >= 4 is 5.91 Å². The Balaban J connectivity index is 1.61. The van der Waals surface area contributed by atoms with Crippen LogP contribution in [0.2, 0.25) is 0 Å². The number of hydrogen-bond acceptors (Lipinski definition) is 2. The molecule has 0 radical (unpaired) electrons. The molecule has 1 unspecified atom stereocenters. The van der Waals surface area contributed by atoms with Crippen molar-refractivity contribution in [3.8, 4) is 0 Å². The van der Waals surface area contributed by atoms with Crippen molar-refractivity contribution in [1.29, 1.82) is 0 Å². The molecule has 0 spiro atoms. The van der Waals surface area contributed by atoms with Gasteiger partial charge in [0, 0.05) is 29.6 Å². The molecular weight excluding hydrogens is 298 g/mol. The molecule has 3 nitrogen and oxygen atoms in total. The van der Waals surface area contributed by atoms with Crippen molar-refractivity contribution in [3.05, 3.63) is 35.4 Å². The van der Waals surface area contributed by atoms with E-state index >= 15 is 0 Å². The highest BCUT2D eigenvalue weighted by molar-refractivity contribution is 5.79. The zero-order valence-corrected chi connectivity index (χ0v) is 13.5. The van der Waals surface area contributed by atoms with Gasteiger partial charge in [-0.05, 0) is 51.3 Å². The second-order valence-corrected chi connectivity index (χ2v) is 6.68. The molecule has 1 N–H and O–H groups in total. The van der Waals surface area contributed by atoms with Gasteiger partial charge in [-0.15, -0.1) is 0 Å². The van der Waals surface area contributed by atoms with Crippen LogP contribution in [-0.2, 0) is 4.79 Å². The molecule has 1 aliphatic heterocycles. The van der Waals surface area contributed by atoms with Crippen LogP contribution in [-0.4, -0.2) is 29.9 Å². The number of piperidine rings is 1. The van der Waals surface area contributed by atoms with Gasteiger partial charge in [0.2, 0.25) is 5.91 Å². The average Bonchev–Trinajstić information content (AvgIpc) is 3.34. The summed E-state index contributed by atoms with van der Waals surface area (Å²) in [6, 6.07) is 4.16. The van der Waals surface area contributed by atoms with Crippen molar-refractivity contribution in [2.75, 3.05) is 13.1 Å². The highest BCUT2D eigenvalue weighted by Gasteiger charge is 2.32. The van der Waals surface area contributed by atoms with Gasteiger partial charge in [0.1, 0.15) is 11.6 Å². The lowest BCUT2D eigenvalue weighted by Gasteiger charge is -2.37. The predicted octanol–water partition coefficient (Wildman–Crippen LogP) is 3.41. The van der Waals surface area contributed by atoms with Crippen LogP contribution in [0, 0.1) is 17.6 Å². The lowest BCUT2D eigenvalue weighted by atomic mass is 9.92. The molecule has 0 aromatic heterocycles. The topological polar surface area (TPSA) is 32.3 Å². The van der Waals surface area contributed by atoms with E-state index in [2.05, 4.69) is 10.2 Å². The zero-order valence-electron chi connectivity index (χ0n) is 13.5. The highest BCUT2D eigenvalue weighted by Crippen LogP contribution is 2.31. The fraction of sp³-hybridized carbons (Fsp3) is 0.611. The van der Waals surface area contributed by atoms with Crippen molar-refractivity contribution in [3.63, 3.8) is 0 Å². The first-order valence-corrected chi connectivity index (χ1v) is 8.58. The number of halogens is 2. The Morgan fingerprint density at radius 2 is 1.96 bits per heavy atom. The van der Waals surface area contributed by atoms with E-state index in [1.807, 2.05) is 6.92 Å². The third-order valence-electron chi connectivity index (χ3n) is 4.97. The largest absolute Gasteiger partial charge is 0.353 e. The van der Waals surface area contributed by atoms with Gasteiger partial charge in [-0.3, -0.25) is 9.69 Å². The lowest BCUT2D eigenvalue weighted by Crippen LogP contribution is -2.42. The van der Waals surface area contributed by atoms with Crippen molar-refractivity contribution < 1.29 is 13.6 Å². The Bertz CT molecular complexity index is 566. The van der Waals surface area contributed by atoms with Crippen molar-refractivity contribution in [1.82, 2.24) is 10.2 Å². The van der Waals surface area contributed by atoms with Gasteiger partial charge >= 0.3 is 0 Å². The fourth-order valence-corrected chi connectivity index (χ4v) is 3.47. The van der Waals surface area contributed by atoms with Crippen molar-refractivity contribution in [2.24, 2.45) is 5.92 Å². The molecular formula is C18H24F2N2O. The second kappa shape index (κ2) is 6.95. The summed E-state index contributed by atoms with van der Waals surface area (Å²) in [5, 5.41) is 3.07. The summed E-state index contributed by atoms with van der Waals surface area (Å²) in [5.41, 5.74) is 0.551. The van der Waals surface area contributed by atoms with Gasteiger partial charge in [0.15, 0.2) is 0 Å². The molecule has 2 aliphatic rings. The Morgan fingerprint density at radius 1 is 1.26 bits per heavy atom. The maximum atomic E-state index is 14.1. The molecule has 1 aromatic rings. The Morgan fingerprint density at radius 3 is 2.52 bits per heavy atom. The van der Waals surface area contributed by atoms with Gasteiger partial charge in [-0.2, -0.15) is 0 Å². The number of carbonyl (C=O) groups is 1. The van der Waals surface area contributed by atoms with Crippen LogP contribution in [0.5, 0.6) is 0 Å². The van der Waals surface area contributed by atoms with Crippen LogP contribution in [0.15, 0.2) is 18.2 Å². The van der Waals surface area contributed by atoms with Gasteiger partial charge in [-0.1, -0.05) is 13.0 Å². The molecule has 1 aromatic carbocycles. The molecule has 126 valence electrons. The molecule has 1 saturated heterocycles. The number of rotatable bonds is 5. The summed E-state index contributed by atoms with van der Waals surface area (Å²) in [6.45, 7) is 3.56. The maximum Gasteiger partial charge on any atom is 0.223 e. The second-order valence-electron chi connectivity index (χ2n) is 6.68.